The maximum atomic E-state index is 5.72. The van der Waals surface area contributed by atoms with E-state index in [1.165, 1.54) is 38.5 Å². The molecule has 0 fully saturated rings. The number of hydrogen-bond acceptors (Lipinski definition) is 1. The summed E-state index contributed by atoms with van der Waals surface area (Å²) < 4.78 is 0. The van der Waals surface area contributed by atoms with E-state index in [4.69, 9.17) is 5.73 Å². The molecule has 0 saturated carbocycles. The molecular weight excluding hydrogens is 198 g/mol. The normalized spacial score (nSPS) is 12.1. The quantitative estimate of drug-likeness (QED) is 0.361. The van der Waals surface area contributed by atoms with Crippen LogP contribution in [-0.4, -0.2) is 19.0 Å². The molecule has 0 heterocycles. The lowest BCUT2D eigenvalue weighted by atomic mass is 10.1. The van der Waals surface area contributed by atoms with E-state index in [2.05, 4.69) is 31.1 Å². The van der Waals surface area contributed by atoms with Crippen molar-refractivity contribution in [1.29, 1.82) is 0 Å². The molecule has 3 nitrogen and oxygen atoms in total. The van der Waals surface area contributed by atoms with Crippen molar-refractivity contribution in [3.8, 4) is 0 Å². The van der Waals surface area contributed by atoms with Gasteiger partial charge in [-0.1, -0.05) is 52.9 Å². The predicted molar refractivity (Wildman–Crippen MR) is 72.7 cm³/mol. The van der Waals surface area contributed by atoms with E-state index in [0.29, 0.717) is 11.9 Å². The van der Waals surface area contributed by atoms with Gasteiger partial charge in [0.2, 0.25) is 0 Å². The molecule has 96 valence electrons. The number of unbranched alkanes of at least 4 members (excludes halogenated alkanes) is 5. The Kier molecular flexibility index (Phi) is 10.3. The van der Waals surface area contributed by atoms with Crippen LogP contribution < -0.4 is 11.1 Å². The smallest absolute Gasteiger partial charge is 0.188 e. The fourth-order valence-electron chi connectivity index (χ4n) is 1.46. The summed E-state index contributed by atoms with van der Waals surface area (Å²) in [5.74, 6) is 1.18. The number of nitrogens with zero attached hydrogens (tertiary/aromatic N) is 1. The van der Waals surface area contributed by atoms with Crippen molar-refractivity contribution in [2.75, 3.05) is 13.1 Å². The highest BCUT2D eigenvalue weighted by molar-refractivity contribution is 5.77. The van der Waals surface area contributed by atoms with E-state index in [9.17, 15) is 0 Å². The molecular formula is C13H29N3. The Balaban J connectivity index is 3.27. The van der Waals surface area contributed by atoms with Crippen LogP contribution >= 0.6 is 0 Å². The standard InChI is InChI=1S/C13H29N3/c1-4-5-6-7-8-9-10-15-13(14)16-11-12(2)3/h12H,4-11H2,1-3H3,(H3,14,15,16). The number of aliphatic imine (C=N–C) groups is 1. The van der Waals surface area contributed by atoms with Gasteiger partial charge < -0.3 is 11.1 Å². The van der Waals surface area contributed by atoms with Gasteiger partial charge in [0.1, 0.15) is 0 Å². The van der Waals surface area contributed by atoms with Crippen LogP contribution in [0.4, 0.5) is 0 Å². The SMILES string of the molecule is CCCCCCCCNC(N)=NCC(C)C. The largest absolute Gasteiger partial charge is 0.370 e. The Morgan fingerprint density at radius 2 is 1.75 bits per heavy atom. The molecule has 0 radical (unpaired) electrons. The number of rotatable bonds is 9. The zero-order valence-corrected chi connectivity index (χ0v) is 11.3. The second-order valence-electron chi connectivity index (χ2n) is 4.81. The summed E-state index contributed by atoms with van der Waals surface area (Å²) in [7, 11) is 0. The highest BCUT2D eigenvalue weighted by Gasteiger charge is 1.94. The lowest BCUT2D eigenvalue weighted by Crippen LogP contribution is -2.32. The maximum Gasteiger partial charge on any atom is 0.188 e. The van der Waals surface area contributed by atoms with Crippen LogP contribution in [0.3, 0.4) is 0 Å². The van der Waals surface area contributed by atoms with Crippen LogP contribution in [0.2, 0.25) is 0 Å². The van der Waals surface area contributed by atoms with Gasteiger partial charge in [-0.15, -0.1) is 0 Å². The zero-order chi connectivity index (χ0) is 12.2. The fraction of sp³-hybridized carbons (Fsp3) is 0.923. The van der Waals surface area contributed by atoms with Crippen LogP contribution in [0.15, 0.2) is 4.99 Å². The monoisotopic (exact) mass is 227 g/mol. The van der Waals surface area contributed by atoms with Crippen molar-refractivity contribution in [3.63, 3.8) is 0 Å². The number of hydrogen-bond donors (Lipinski definition) is 2. The van der Waals surface area contributed by atoms with E-state index in [-0.39, 0.29) is 0 Å². The molecule has 0 aromatic heterocycles. The second kappa shape index (κ2) is 10.8. The van der Waals surface area contributed by atoms with Crippen LogP contribution in [0.5, 0.6) is 0 Å². The molecule has 0 aromatic rings. The third-order valence-corrected chi connectivity index (χ3v) is 2.46. The number of nitrogens with two attached hydrogens (primary N) is 1. The molecule has 0 saturated heterocycles. The summed E-state index contributed by atoms with van der Waals surface area (Å²) in [5.41, 5.74) is 5.72. The molecule has 3 N–H and O–H groups in total. The minimum atomic E-state index is 0.578. The summed E-state index contributed by atoms with van der Waals surface area (Å²) in [6.45, 7) is 8.30. The van der Waals surface area contributed by atoms with Gasteiger partial charge in [-0.3, -0.25) is 4.99 Å². The molecule has 3 heteroatoms. The molecule has 0 amide bonds. The molecule has 0 aromatic carbocycles. The molecule has 16 heavy (non-hydrogen) atoms. The van der Waals surface area contributed by atoms with E-state index in [1.54, 1.807) is 0 Å². The van der Waals surface area contributed by atoms with Crippen molar-refractivity contribution in [3.05, 3.63) is 0 Å². The van der Waals surface area contributed by atoms with Crippen molar-refractivity contribution in [1.82, 2.24) is 5.32 Å². The minimum Gasteiger partial charge on any atom is -0.370 e. The first-order chi connectivity index (χ1) is 7.66. The van der Waals surface area contributed by atoms with E-state index in [0.717, 1.165) is 13.1 Å². The average molecular weight is 227 g/mol. The Morgan fingerprint density at radius 3 is 2.38 bits per heavy atom. The lowest BCUT2D eigenvalue weighted by molar-refractivity contribution is 0.600. The van der Waals surface area contributed by atoms with E-state index < -0.39 is 0 Å². The van der Waals surface area contributed by atoms with Gasteiger partial charge in [-0.25, -0.2) is 0 Å². The van der Waals surface area contributed by atoms with Gasteiger partial charge in [-0.05, 0) is 12.3 Å². The second-order valence-corrected chi connectivity index (χ2v) is 4.81. The Morgan fingerprint density at radius 1 is 1.12 bits per heavy atom. The minimum absolute atomic E-state index is 0.578. The zero-order valence-electron chi connectivity index (χ0n) is 11.3. The molecule has 0 aliphatic rings. The fourth-order valence-corrected chi connectivity index (χ4v) is 1.46. The third kappa shape index (κ3) is 11.3. The third-order valence-electron chi connectivity index (χ3n) is 2.46. The van der Waals surface area contributed by atoms with Gasteiger partial charge in [0.05, 0.1) is 0 Å². The topological polar surface area (TPSA) is 50.4 Å². The van der Waals surface area contributed by atoms with E-state index in [1.807, 2.05) is 0 Å². The van der Waals surface area contributed by atoms with Gasteiger partial charge in [0.25, 0.3) is 0 Å². The number of guanidine groups is 1. The highest BCUT2D eigenvalue weighted by atomic mass is 15.1. The predicted octanol–water partition coefficient (Wildman–Crippen LogP) is 2.91. The molecule has 0 aliphatic carbocycles. The van der Waals surface area contributed by atoms with Gasteiger partial charge in [0, 0.05) is 13.1 Å². The maximum absolute atomic E-state index is 5.72. The van der Waals surface area contributed by atoms with Crippen molar-refractivity contribution < 1.29 is 0 Å². The van der Waals surface area contributed by atoms with Crippen molar-refractivity contribution >= 4 is 5.96 Å². The van der Waals surface area contributed by atoms with Gasteiger partial charge in [0.15, 0.2) is 5.96 Å². The molecule has 0 bridgehead atoms. The molecule has 0 aliphatic heterocycles. The summed E-state index contributed by atoms with van der Waals surface area (Å²) >= 11 is 0. The first-order valence-corrected chi connectivity index (χ1v) is 6.70. The summed E-state index contributed by atoms with van der Waals surface area (Å²) in [6.07, 6.45) is 7.89. The van der Waals surface area contributed by atoms with Gasteiger partial charge in [-0.2, -0.15) is 0 Å². The molecule has 0 spiro atoms. The van der Waals surface area contributed by atoms with Crippen LogP contribution in [0.25, 0.3) is 0 Å². The Labute approximate surface area is 101 Å². The first-order valence-electron chi connectivity index (χ1n) is 6.70. The van der Waals surface area contributed by atoms with Gasteiger partial charge >= 0.3 is 0 Å². The first kappa shape index (κ1) is 15.3. The van der Waals surface area contributed by atoms with Crippen LogP contribution in [0.1, 0.15) is 59.3 Å². The molecule has 0 rings (SSSR count). The van der Waals surface area contributed by atoms with Crippen LogP contribution in [0, 0.1) is 5.92 Å². The van der Waals surface area contributed by atoms with Crippen LogP contribution in [-0.2, 0) is 0 Å². The number of nitrogens with one attached hydrogen (secondary N) is 1. The highest BCUT2D eigenvalue weighted by Crippen LogP contribution is 2.03. The summed E-state index contributed by atoms with van der Waals surface area (Å²) in [4.78, 5) is 4.25. The van der Waals surface area contributed by atoms with Crippen molar-refractivity contribution in [2.45, 2.75) is 59.3 Å². The summed E-state index contributed by atoms with van der Waals surface area (Å²) in [5, 5.41) is 3.16. The Hall–Kier alpha value is -0.730. The lowest BCUT2D eigenvalue weighted by Gasteiger charge is -2.06. The molecule has 0 atom stereocenters. The van der Waals surface area contributed by atoms with E-state index >= 15 is 0 Å². The average Bonchev–Trinajstić information content (AvgIpc) is 2.25. The Bertz CT molecular complexity index is 176. The van der Waals surface area contributed by atoms with Crippen molar-refractivity contribution in [2.24, 2.45) is 16.6 Å². The summed E-state index contributed by atoms with van der Waals surface area (Å²) in [6, 6.07) is 0. The molecule has 0 unspecified atom stereocenters.